The van der Waals surface area contributed by atoms with E-state index in [1.54, 1.807) is 0 Å². The molecule has 2 N–H and O–H groups in total. The van der Waals surface area contributed by atoms with E-state index in [1.165, 1.54) is 6.07 Å². The summed E-state index contributed by atoms with van der Waals surface area (Å²) in [6.45, 7) is 1.86. The summed E-state index contributed by atoms with van der Waals surface area (Å²) in [6, 6.07) is 3.05. The summed E-state index contributed by atoms with van der Waals surface area (Å²) in [5.74, 6) is -0.0538. The van der Waals surface area contributed by atoms with Gasteiger partial charge in [-0.25, -0.2) is 17.9 Å². The quantitative estimate of drug-likeness (QED) is 0.863. The Balaban J connectivity index is 2.16. The average molecular weight is 315 g/mol. The molecule has 1 aromatic heterocycles. The number of ether oxygens (including phenoxy) is 1. The molecule has 0 amide bonds. The first-order valence-electron chi connectivity index (χ1n) is 6.16. The molecule has 1 heterocycles. The van der Waals surface area contributed by atoms with E-state index in [0.29, 0.717) is 12.3 Å². The molecule has 1 aromatic carbocycles. The zero-order chi connectivity index (χ0) is 15.5. The third kappa shape index (κ3) is 3.99. The molecule has 0 bridgehead atoms. The van der Waals surface area contributed by atoms with Gasteiger partial charge < -0.3 is 9.26 Å². The van der Waals surface area contributed by atoms with Crippen molar-refractivity contribution in [1.82, 2.24) is 10.1 Å². The summed E-state index contributed by atoms with van der Waals surface area (Å²) >= 11 is 0. The van der Waals surface area contributed by atoms with Crippen LogP contribution >= 0.6 is 0 Å². The Morgan fingerprint density at radius 2 is 2.19 bits per heavy atom. The maximum Gasteiger partial charge on any atom is 0.241 e. The van der Waals surface area contributed by atoms with Gasteiger partial charge >= 0.3 is 0 Å². The molecule has 0 unspecified atom stereocenters. The van der Waals surface area contributed by atoms with Crippen LogP contribution < -0.4 is 9.88 Å². The Hall–Kier alpha value is -2.00. The minimum atomic E-state index is -4.09. The molecule has 0 spiro atoms. The molecule has 0 aliphatic rings. The zero-order valence-corrected chi connectivity index (χ0v) is 12.1. The van der Waals surface area contributed by atoms with Crippen LogP contribution in [0.4, 0.5) is 4.39 Å². The fraction of sp³-hybridized carbons (Fsp3) is 0.333. The van der Waals surface area contributed by atoms with Crippen molar-refractivity contribution in [2.24, 2.45) is 5.14 Å². The maximum atomic E-state index is 13.1. The summed E-state index contributed by atoms with van der Waals surface area (Å²) in [4.78, 5) is 3.64. The van der Waals surface area contributed by atoms with Crippen LogP contribution in [0.15, 0.2) is 27.6 Å². The van der Waals surface area contributed by atoms with E-state index in [0.717, 1.165) is 18.6 Å². The highest BCUT2D eigenvalue weighted by atomic mass is 32.2. The Morgan fingerprint density at radius 3 is 2.86 bits per heavy atom. The van der Waals surface area contributed by atoms with Crippen LogP contribution in [0, 0.1) is 5.82 Å². The predicted octanol–water partition coefficient (Wildman–Crippen LogP) is 1.39. The number of nitrogens with zero attached hydrogens (tertiary/aromatic N) is 2. The minimum absolute atomic E-state index is 0.0688. The lowest BCUT2D eigenvalue weighted by molar-refractivity contribution is 0.278. The molecule has 0 atom stereocenters. The number of primary sulfonamides is 1. The number of benzene rings is 1. The third-order valence-electron chi connectivity index (χ3n) is 2.54. The molecular formula is C12H14FN3O4S. The SMILES string of the molecule is CCCc1nc(COc2ccc(F)cc2S(N)(=O)=O)no1. The summed E-state index contributed by atoms with van der Waals surface area (Å²) in [5.41, 5.74) is 0. The normalized spacial score (nSPS) is 11.6. The molecule has 2 rings (SSSR count). The van der Waals surface area contributed by atoms with E-state index in [1.807, 2.05) is 6.92 Å². The Labute approximate surface area is 121 Å². The van der Waals surface area contributed by atoms with E-state index in [-0.39, 0.29) is 18.2 Å². The molecule has 21 heavy (non-hydrogen) atoms. The smallest absolute Gasteiger partial charge is 0.241 e. The van der Waals surface area contributed by atoms with Gasteiger partial charge in [0.05, 0.1) is 0 Å². The van der Waals surface area contributed by atoms with Crippen molar-refractivity contribution in [2.45, 2.75) is 31.3 Å². The summed E-state index contributed by atoms with van der Waals surface area (Å²) in [6.07, 6.45) is 1.50. The van der Waals surface area contributed by atoms with E-state index >= 15 is 0 Å². The highest BCUT2D eigenvalue weighted by molar-refractivity contribution is 7.89. The highest BCUT2D eigenvalue weighted by Crippen LogP contribution is 2.24. The molecule has 2 aromatic rings. The lowest BCUT2D eigenvalue weighted by Crippen LogP contribution is -2.14. The number of hydrogen-bond donors (Lipinski definition) is 1. The second-order valence-corrected chi connectivity index (χ2v) is 5.81. The van der Waals surface area contributed by atoms with Gasteiger partial charge in [0.15, 0.2) is 6.61 Å². The van der Waals surface area contributed by atoms with Crippen LogP contribution in [-0.4, -0.2) is 18.6 Å². The van der Waals surface area contributed by atoms with E-state index in [4.69, 9.17) is 14.4 Å². The number of rotatable bonds is 6. The van der Waals surface area contributed by atoms with Crippen molar-refractivity contribution in [3.8, 4) is 5.75 Å². The monoisotopic (exact) mass is 315 g/mol. The largest absolute Gasteiger partial charge is 0.484 e. The van der Waals surface area contributed by atoms with Crippen LogP contribution in [0.3, 0.4) is 0 Å². The first-order chi connectivity index (χ1) is 9.90. The third-order valence-corrected chi connectivity index (χ3v) is 3.48. The summed E-state index contributed by atoms with van der Waals surface area (Å²) in [7, 11) is -4.09. The molecule has 0 fully saturated rings. The molecule has 114 valence electrons. The molecule has 0 radical (unpaired) electrons. The van der Waals surface area contributed by atoms with Gasteiger partial charge in [0.1, 0.15) is 16.5 Å². The van der Waals surface area contributed by atoms with Gasteiger partial charge in [-0.2, -0.15) is 4.98 Å². The van der Waals surface area contributed by atoms with Gasteiger partial charge in [-0.3, -0.25) is 0 Å². The lowest BCUT2D eigenvalue weighted by Gasteiger charge is -2.08. The minimum Gasteiger partial charge on any atom is -0.484 e. The topological polar surface area (TPSA) is 108 Å². The van der Waals surface area contributed by atoms with Crippen LogP contribution in [0.2, 0.25) is 0 Å². The predicted molar refractivity (Wildman–Crippen MR) is 70.4 cm³/mol. The van der Waals surface area contributed by atoms with Crippen molar-refractivity contribution >= 4 is 10.0 Å². The molecule has 0 saturated carbocycles. The fourth-order valence-corrected chi connectivity index (χ4v) is 2.31. The second kappa shape index (κ2) is 6.19. The van der Waals surface area contributed by atoms with Gasteiger partial charge in [0.2, 0.25) is 21.7 Å². The van der Waals surface area contributed by atoms with Crippen LogP contribution in [-0.2, 0) is 23.1 Å². The van der Waals surface area contributed by atoms with Crippen molar-refractivity contribution in [3.63, 3.8) is 0 Å². The molecule has 7 nitrogen and oxygen atoms in total. The summed E-state index contributed by atoms with van der Waals surface area (Å²) in [5, 5.41) is 8.71. The first kappa shape index (κ1) is 15.4. The van der Waals surface area contributed by atoms with Crippen LogP contribution in [0.5, 0.6) is 5.75 Å². The van der Waals surface area contributed by atoms with Gasteiger partial charge in [0, 0.05) is 6.42 Å². The molecular weight excluding hydrogens is 301 g/mol. The standard InChI is InChI=1S/C12H14FN3O4S/c1-2-3-12-15-11(16-20-12)7-19-9-5-4-8(13)6-10(9)21(14,17)18/h4-6H,2-3,7H2,1H3,(H2,14,17,18). The Bertz CT molecular complexity index is 730. The van der Waals surface area contributed by atoms with Gasteiger partial charge in [-0.05, 0) is 24.6 Å². The fourth-order valence-electron chi connectivity index (χ4n) is 1.63. The van der Waals surface area contributed by atoms with Crippen molar-refractivity contribution in [1.29, 1.82) is 0 Å². The van der Waals surface area contributed by atoms with Gasteiger partial charge in [0.25, 0.3) is 0 Å². The highest BCUT2D eigenvalue weighted by Gasteiger charge is 2.17. The first-order valence-corrected chi connectivity index (χ1v) is 7.71. The zero-order valence-electron chi connectivity index (χ0n) is 11.2. The Kier molecular flexibility index (Phi) is 4.53. The lowest BCUT2D eigenvalue weighted by atomic mass is 10.3. The molecule has 9 heteroatoms. The van der Waals surface area contributed by atoms with Crippen LogP contribution in [0.25, 0.3) is 0 Å². The van der Waals surface area contributed by atoms with Crippen molar-refractivity contribution in [2.75, 3.05) is 0 Å². The van der Waals surface area contributed by atoms with E-state index in [2.05, 4.69) is 10.1 Å². The second-order valence-electron chi connectivity index (χ2n) is 4.28. The number of aryl methyl sites for hydroxylation is 1. The van der Waals surface area contributed by atoms with Gasteiger partial charge in [-0.15, -0.1) is 0 Å². The van der Waals surface area contributed by atoms with E-state index in [9.17, 15) is 12.8 Å². The number of hydrogen-bond acceptors (Lipinski definition) is 6. The van der Waals surface area contributed by atoms with E-state index < -0.39 is 20.7 Å². The Morgan fingerprint density at radius 1 is 1.43 bits per heavy atom. The van der Waals surface area contributed by atoms with Crippen molar-refractivity contribution in [3.05, 3.63) is 35.7 Å². The molecule has 0 aliphatic carbocycles. The summed E-state index contributed by atoms with van der Waals surface area (Å²) < 4.78 is 46.1. The maximum absolute atomic E-state index is 13.1. The van der Waals surface area contributed by atoms with Gasteiger partial charge in [-0.1, -0.05) is 12.1 Å². The number of nitrogens with two attached hydrogens (primary N) is 1. The molecule has 0 aliphatic heterocycles. The number of halogens is 1. The number of aromatic nitrogens is 2. The number of sulfonamides is 1. The van der Waals surface area contributed by atoms with Crippen molar-refractivity contribution < 1.29 is 22.1 Å². The molecule has 0 saturated heterocycles. The van der Waals surface area contributed by atoms with Crippen LogP contribution in [0.1, 0.15) is 25.1 Å². The average Bonchev–Trinajstić information content (AvgIpc) is 2.84.